The van der Waals surface area contributed by atoms with Gasteiger partial charge in [-0.25, -0.2) is 4.98 Å². The molecule has 0 unspecified atom stereocenters. The maximum atomic E-state index is 4.26. The van der Waals surface area contributed by atoms with E-state index in [2.05, 4.69) is 51.5 Å². The van der Waals surface area contributed by atoms with Crippen LogP contribution in [0.5, 0.6) is 0 Å². The van der Waals surface area contributed by atoms with Gasteiger partial charge in [0, 0.05) is 16.2 Å². The summed E-state index contributed by atoms with van der Waals surface area (Å²) >= 11 is 7.56. The fraction of sp³-hybridized carbons (Fsp3) is 0.100. The van der Waals surface area contributed by atoms with E-state index in [9.17, 15) is 0 Å². The molecule has 0 bridgehead atoms. The van der Waals surface area contributed by atoms with Gasteiger partial charge in [0.15, 0.2) is 5.16 Å². The lowest BCUT2D eigenvalue weighted by Gasteiger charge is -2.02. The molecule has 1 aromatic carbocycles. The predicted octanol–water partition coefficient (Wildman–Crippen LogP) is 3.44. The number of aromatic amines is 1. The molecule has 0 aliphatic rings. The van der Waals surface area contributed by atoms with Crippen molar-refractivity contribution in [3.05, 3.63) is 34.4 Å². The Kier molecular flexibility index (Phi) is 2.65. The molecular formula is C10H9BrN2S. The Morgan fingerprint density at radius 3 is 2.79 bits per heavy atom. The van der Waals surface area contributed by atoms with Gasteiger partial charge in [0.05, 0.1) is 5.69 Å². The van der Waals surface area contributed by atoms with Gasteiger partial charge in [-0.15, -0.1) is 12.6 Å². The number of imidazole rings is 1. The highest BCUT2D eigenvalue weighted by Crippen LogP contribution is 2.24. The molecule has 2 nitrogen and oxygen atoms in total. The molecule has 72 valence electrons. The second kappa shape index (κ2) is 3.79. The van der Waals surface area contributed by atoms with Crippen molar-refractivity contribution in [3.63, 3.8) is 0 Å². The van der Waals surface area contributed by atoms with Gasteiger partial charge < -0.3 is 4.98 Å². The molecule has 0 aliphatic heterocycles. The predicted molar refractivity (Wildman–Crippen MR) is 63.7 cm³/mol. The Balaban J connectivity index is 2.52. The van der Waals surface area contributed by atoms with Crippen molar-refractivity contribution in [2.24, 2.45) is 0 Å². The van der Waals surface area contributed by atoms with Crippen LogP contribution in [0.1, 0.15) is 5.56 Å². The number of thiol groups is 1. The van der Waals surface area contributed by atoms with Crippen LogP contribution in [0.4, 0.5) is 0 Å². The number of hydrogen-bond acceptors (Lipinski definition) is 2. The lowest BCUT2D eigenvalue weighted by Crippen LogP contribution is -1.82. The first-order valence-corrected chi connectivity index (χ1v) is 5.42. The summed E-state index contributed by atoms with van der Waals surface area (Å²) in [5.41, 5.74) is 3.25. The number of halogens is 1. The number of aromatic nitrogens is 2. The third-order valence-electron chi connectivity index (χ3n) is 2.03. The SMILES string of the molecule is Cc1cc(Br)ccc1-c1c[nH]c(S)n1. The average molecular weight is 269 g/mol. The van der Waals surface area contributed by atoms with E-state index in [4.69, 9.17) is 0 Å². The minimum Gasteiger partial charge on any atom is -0.339 e. The number of benzene rings is 1. The van der Waals surface area contributed by atoms with Gasteiger partial charge >= 0.3 is 0 Å². The minimum absolute atomic E-state index is 0.641. The summed E-state index contributed by atoms with van der Waals surface area (Å²) in [6, 6.07) is 6.13. The summed E-state index contributed by atoms with van der Waals surface area (Å²) in [4.78, 5) is 7.22. The van der Waals surface area contributed by atoms with Gasteiger partial charge in [0.2, 0.25) is 0 Å². The quantitative estimate of drug-likeness (QED) is 0.763. The van der Waals surface area contributed by atoms with E-state index >= 15 is 0 Å². The van der Waals surface area contributed by atoms with E-state index in [-0.39, 0.29) is 0 Å². The van der Waals surface area contributed by atoms with E-state index in [0.717, 1.165) is 15.7 Å². The molecule has 2 aromatic rings. The van der Waals surface area contributed by atoms with Crippen LogP contribution in [0, 0.1) is 6.92 Å². The molecule has 0 saturated heterocycles. The Morgan fingerprint density at radius 2 is 2.21 bits per heavy atom. The molecular weight excluding hydrogens is 260 g/mol. The smallest absolute Gasteiger partial charge is 0.162 e. The van der Waals surface area contributed by atoms with E-state index in [1.165, 1.54) is 5.56 Å². The van der Waals surface area contributed by atoms with Gasteiger partial charge in [0.25, 0.3) is 0 Å². The molecule has 1 aromatic heterocycles. The zero-order valence-corrected chi connectivity index (χ0v) is 10.1. The molecule has 0 saturated carbocycles. The monoisotopic (exact) mass is 268 g/mol. The lowest BCUT2D eigenvalue weighted by atomic mass is 10.1. The summed E-state index contributed by atoms with van der Waals surface area (Å²) < 4.78 is 1.08. The van der Waals surface area contributed by atoms with Crippen LogP contribution >= 0.6 is 28.6 Å². The Morgan fingerprint density at radius 1 is 1.43 bits per heavy atom. The van der Waals surface area contributed by atoms with Crippen molar-refractivity contribution in [3.8, 4) is 11.3 Å². The fourth-order valence-electron chi connectivity index (χ4n) is 1.36. The maximum absolute atomic E-state index is 4.26. The molecule has 0 atom stereocenters. The van der Waals surface area contributed by atoms with Gasteiger partial charge in [-0.2, -0.15) is 0 Å². The van der Waals surface area contributed by atoms with Crippen LogP contribution in [0.25, 0.3) is 11.3 Å². The van der Waals surface area contributed by atoms with Crippen LogP contribution in [-0.2, 0) is 0 Å². The Bertz CT molecular complexity index is 465. The Hall–Kier alpha value is -0.740. The number of rotatable bonds is 1. The largest absolute Gasteiger partial charge is 0.339 e. The fourth-order valence-corrected chi connectivity index (χ4v) is 2.01. The normalized spacial score (nSPS) is 10.5. The summed E-state index contributed by atoms with van der Waals surface area (Å²) in [5.74, 6) is 0. The summed E-state index contributed by atoms with van der Waals surface area (Å²) in [5, 5.41) is 0.641. The topological polar surface area (TPSA) is 28.7 Å². The molecule has 0 spiro atoms. The van der Waals surface area contributed by atoms with Gasteiger partial charge in [-0.1, -0.05) is 22.0 Å². The molecule has 0 fully saturated rings. The highest BCUT2D eigenvalue weighted by molar-refractivity contribution is 9.10. The standard InChI is InChI=1S/C10H9BrN2S/c1-6-4-7(11)2-3-8(6)9-5-12-10(14)13-9/h2-5H,1H3,(H2,12,13,14). The Labute approximate surface area is 96.3 Å². The minimum atomic E-state index is 0.641. The second-order valence-electron chi connectivity index (χ2n) is 3.07. The zero-order chi connectivity index (χ0) is 10.1. The van der Waals surface area contributed by atoms with Crippen molar-refractivity contribution < 1.29 is 0 Å². The molecule has 0 amide bonds. The van der Waals surface area contributed by atoms with E-state index < -0.39 is 0 Å². The number of aryl methyl sites for hydroxylation is 1. The molecule has 1 heterocycles. The average Bonchev–Trinajstić information content (AvgIpc) is 2.51. The lowest BCUT2D eigenvalue weighted by molar-refractivity contribution is 1.07. The van der Waals surface area contributed by atoms with Crippen LogP contribution in [0.3, 0.4) is 0 Å². The highest BCUT2D eigenvalue weighted by Gasteiger charge is 2.05. The van der Waals surface area contributed by atoms with E-state index in [1.54, 1.807) is 0 Å². The third-order valence-corrected chi connectivity index (χ3v) is 2.75. The summed E-state index contributed by atoms with van der Waals surface area (Å²) in [6.45, 7) is 2.06. The zero-order valence-electron chi connectivity index (χ0n) is 7.58. The van der Waals surface area contributed by atoms with Gasteiger partial charge in [-0.05, 0) is 24.6 Å². The third kappa shape index (κ3) is 1.86. The van der Waals surface area contributed by atoms with Crippen molar-refractivity contribution in [1.29, 1.82) is 0 Å². The molecule has 2 rings (SSSR count). The molecule has 0 radical (unpaired) electrons. The molecule has 1 N–H and O–H groups in total. The molecule has 4 heteroatoms. The van der Waals surface area contributed by atoms with Crippen molar-refractivity contribution >= 4 is 28.6 Å². The van der Waals surface area contributed by atoms with Crippen LogP contribution < -0.4 is 0 Å². The van der Waals surface area contributed by atoms with E-state index in [1.807, 2.05) is 18.3 Å². The first-order chi connectivity index (χ1) is 6.66. The first kappa shape index (κ1) is 9.80. The number of hydrogen-bond donors (Lipinski definition) is 2. The number of nitrogens with zero attached hydrogens (tertiary/aromatic N) is 1. The van der Waals surface area contributed by atoms with Crippen LogP contribution in [-0.4, -0.2) is 9.97 Å². The number of H-pyrrole nitrogens is 1. The first-order valence-electron chi connectivity index (χ1n) is 4.18. The summed E-state index contributed by atoms with van der Waals surface area (Å²) in [7, 11) is 0. The van der Waals surface area contributed by atoms with Crippen LogP contribution in [0.15, 0.2) is 34.0 Å². The van der Waals surface area contributed by atoms with Crippen LogP contribution in [0.2, 0.25) is 0 Å². The second-order valence-corrected chi connectivity index (χ2v) is 4.41. The number of nitrogens with one attached hydrogen (secondary N) is 1. The molecule has 14 heavy (non-hydrogen) atoms. The van der Waals surface area contributed by atoms with Crippen molar-refractivity contribution in [2.75, 3.05) is 0 Å². The maximum Gasteiger partial charge on any atom is 0.162 e. The van der Waals surface area contributed by atoms with Gasteiger partial charge in [-0.3, -0.25) is 0 Å². The van der Waals surface area contributed by atoms with Gasteiger partial charge in [0.1, 0.15) is 0 Å². The van der Waals surface area contributed by atoms with Crippen molar-refractivity contribution in [2.45, 2.75) is 12.1 Å². The summed E-state index contributed by atoms with van der Waals surface area (Å²) in [6.07, 6.45) is 1.86. The van der Waals surface area contributed by atoms with Crippen molar-refractivity contribution in [1.82, 2.24) is 9.97 Å². The highest BCUT2D eigenvalue weighted by atomic mass is 79.9. The van der Waals surface area contributed by atoms with E-state index in [0.29, 0.717) is 5.16 Å². The molecule has 0 aliphatic carbocycles.